The Bertz CT molecular complexity index is 428. The molecule has 4 heteroatoms. The van der Waals surface area contributed by atoms with Crippen LogP contribution in [-0.4, -0.2) is 33.2 Å². The topological polar surface area (TPSA) is 41.6 Å². The predicted molar refractivity (Wildman–Crippen MR) is 75.0 cm³/mol. The molecule has 0 heterocycles. The van der Waals surface area contributed by atoms with Crippen LogP contribution in [0, 0.1) is 0 Å². The van der Waals surface area contributed by atoms with Gasteiger partial charge < -0.3 is 15.0 Å². The molecule has 0 saturated heterocycles. The molecule has 0 aromatic heterocycles. The number of hydrogen-bond acceptors (Lipinski definition) is 4. The Morgan fingerprint density at radius 1 is 1.44 bits per heavy atom. The zero-order chi connectivity index (χ0) is 13.5. The lowest BCUT2D eigenvalue weighted by Crippen LogP contribution is -2.15. The van der Waals surface area contributed by atoms with Gasteiger partial charge in [-0.1, -0.05) is 12.6 Å². The zero-order valence-corrected chi connectivity index (χ0v) is 11.2. The van der Waals surface area contributed by atoms with E-state index in [9.17, 15) is 4.79 Å². The number of carbonyl (C=O) groups excluding carboxylic acids is 1. The highest BCUT2D eigenvalue weighted by Crippen LogP contribution is 2.17. The highest BCUT2D eigenvalue weighted by molar-refractivity contribution is 5.88. The fourth-order valence-electron chi connectivity index (χ4n) is 1.41. The first-order valence-electron chi connectivity index (χ1n) is 5.90. The van der Waals surface area contributed by atoms with Crippen molar-refractivity contribution in [3.05, 3.63) is 36.4 Å². The summed E-state index contributed by atoms with van der Waals surface area (Å²) in [5.41, 5.74) is 2.47. The Balaban J connectivity index is 2.56. The number of nitrogens with one attached hydrogen (secondary N) is 1. The van der Waals surface area contributed by atoms with E-state index in [2.05, 4.69) is 11.9 Å². The van der Waals surface area contributed by atoms with E-state index >= 15 is 0 Å². The molecule has 0 fully saturated rings. The van der Waals surface area contributed by atoms with Crippen LogP contribution in [0.1, 0.15) is 6.92 Å². The second kappa shape index (κ2) is 6.69. The molecule has 18 heavy (non-hydrogen) atoms. The van der Waals surface area contributed by atoms with E-state index in [1.807, 2.05) is 43.3 Å². The first kappa shape index (κ1) is 14.1. The second-order valence-corrected chi connectivity index (χ2v) is 4.12. The molecule has 0 amide bonds. The molecule has 1 aromatic carbocycles. The summed E-state index contributed by atoms with van der Waals surface area (Å²) in [6, 6.07) is 7.94. The number of rotatable bonds is 6. The Morgan fingerprint density at radius 3 is 2.78 bits per heavy atom. The standard InChI is InChI=1S/C14H20N2O2/c1-5-18-14(17)11(2)10-15-12-7-6-8-13(9-12)16(3)4/h6-9,15H,2,5,10H2,1,3-4H3. The van der Waals surface area contributed by atoms with Crippen LogP contribution in [0.25, 0.3) is 0 Å². The van der Waals surface area contributed by atoms with Gasteiger partial charge in [-0.05, 0) is 25.1 Å². The van der Waals surface area contributed by atoms with E-state index in [-0.39, 0.29) is 5.97 Å². The van der Waals surface area contributed by atoms with Crippen LogP contribution in [0.4, 0.5) is 11.4 Å². The van der Waals surface area contributed by atoms with Crippen molar-refractivity contribution in [2.45, 2.75) is 6.92 Å². The molecule has 4 nitrogen and oxygen atoms in total. The maximum atomic E-state index is 11.4. The molecular formula is C14H20N2O2. The Labute approximate surface area is 108 Å². The molecule has 1 N–H and O–H groups in total. The minimum atomic E-state index is -0.353. The number of benzene rings is 1. The van der Waals surface area contributed by atoms with E-state index in [1.165, 1.54) is 0 Å². The minimum Gasteiger partial charge on any atom is -0.463 e. The van der Waals surface area contributed by atoms with Crippen LogP contribution in [0.15, 0.2) is 36.4 Å². The summed E-state index contributed by atoms with van der Waals surface area (Å²) in [4.78, 5) is 13.4. The lowest BCUT2D eigenvalue weighted by atomic mass is 10.2. The molecule has 0 aliphatic rings. The summed E-state index contributed by atoms with van der Waals surface area (Å²) in [6.07, 6.45) is 0. The quantitative estimate of drug-likeness (QED) is 0.619. The van der Waals surface area contributed by atoms with Crippen LogP contribution in [-0.2, 0) is 9.53 Å². The third-order valence-corrected chi connectivity index (χ3v) is 2.43. The van der Waals surface area contributed by atoms with E-state index in [0.717, 1.165) is 11.4 Å². The molecule has 0 aliphatic heterocycles. The van der Waals surface area contributed by atoms with E-state index < -0.39 is 0 Å². The van der Waals surface area contributed by atoms with Crippen molar-refractivity contribution in [2.75, 3.05) is 37.5 Å². The summed E-state index contributed by atoms with van der Waals surface area (Å²) in [6.45, 7) is 6.23. The molecule has 0 spiro atoms. The summed E-state index contributed by atoms with van der Waals surface area (Å²) in [5.74, 6) is -0.353. The SMILES string of the molecule is C=C(CNc1cccc(N(C)C)c1)C(=O)OCC. The first-order chi connectivity index (χ1) is 8.54. The largest absolute Gasteiger partial charge is 0.463 e. The average molecular weight is 248 g/mol. The van der Waals surface area contributed by atoms with Crippen molar-refractivity contribution in [1.29, 1.82) is 0 Å². The van der Waals surface area contributed by atoms with Gasteiger partial charge in [0.1, 0.15) is 0 Å². The average Bonchev–Trinajstić information content (AvgIpc) is 2.36. The third kappa shape index (κ3) is 4.13. The molecule has 0 bridgehead atoms. The van der Waals surface area contributed by atoms with Crippen molar-refractivity contribution in [3.8, 4) is 0 Å². The Morgan fingerprint density at radius 2 is 2.17 bits per heavy atom. The number of anilines is 2. The Kier molecular flexibility index (Phi) is 5.24. The first-order valence-corrected chi connectivity index (χ1v) is 5.90. The van der Waals surface area contributed by atoms with Crippen LogP contribution >= 0.6 is 0 Å². The van der Waals surface area contributed by atoms with E-state index in [1.54, 1.807) is 6.92 Å². The summed E-state index contributed by atoms with van der Waals surface area (Å²) in [7, 11) is 3.97. The maximum absolute atomic E-state index is 11.4. The molecular weight excluding hydrogens is 228 g/mol. The van der Waals surface area contributed by atoms with Gasteiger partial charge in [0.25, 0.3) is 0 Å². The van der Waals surface area contributed by atoms with Gasteiger partial charge in [0.05, 0.1) is 6.61 Å². The van der Waals surface area contributed by atoms with Crippen LogP contribution in [0.5, 0.6) is 0 Å². The van der Waals surface area contributed by atoms with Gasteiger partial charge in [-0.2, -0.15) is 0 Å². The Hall–Kier alpha value is -1.97. The number of carbonyl (C=O) groups is 1. The van der Waals surface area contributed by atoms with Gasteiger partial charge in [-0.3, -0.25) is 0 Å². The van der Waals surface area contributed by atoms with Gasteiger partial charge in [0, 0.05) is 37.6 Å². The molecule has 1 aromatic rings. The summed E-state index contributed by atoms with van der Waals surface area (Å²) >= 11 is 0. The smallest absolute Gasteiger partial charge is 0.335 e. The normalized spacial score (nSPS) is 9.72. The highest BCUT2D eigenvalue weighted by atomic mass is 16.5. The number of nitrogens with zero attached hydrogens (tertiary/aromatic N) is 1. The second-order valence-electron chi connectivity index (χ2n) is 4.12. The van der Waals surface area contributed by atoms with Gasteiger partial charge in [-0.15, -0.1) is 0 Å². The van der Waals surface area contributed by atoms with Crippen LogP contribution in [0.2, 0.25) is 0 Å². The van der Waals surface area contributed by atoms with Crippen molar-refractivity contribution < 1.29 is 9.53 Å². The highest BCUT2D eigenvalue weighted by Gasteiger charge is 2.07. The van der Waals surface area contributed by atoms with E-state index in [0.29, 0.717) is 18.7 Å². The summed E-state index contributed by atoms with van der Waals surface area (Å²) < 4.78 is 4.87. The monoisotopic (exact) mass is 248 g/mol. The van der Waals surface area contributed by atoms with Crippen molar-refractivity contribution >= 4 is 17.3 Å². The molecule has 98 valence electrons. The fraction of sp³-hybridized carbons (Fsp3) is 0.357. The molecule has 0 atom stereocenters. The lowest BCUT2D eigenvalue weighted by Gasteiger charge is -2.14. The van der Waals surface area contributed by atoms with Gasteiger partial charge in [0.2, 0.25) is 0 Å². The van der Waals surface area contributed by atoms with Crippen LogP contribution in [0.3, 0.4) is 0 Å². The van der Waals surface area contributed by atoms with Crippen molar-refractivity contribution in [1.82, 2.24) is 0 Å². The van der Waals surface area contributed by atoms with Gasteiger partial charge in [-0.25, -0.2) is 4.79 Å². The number of ether oxygens (including phenoxy) is 1. The predicted octanol–water partition coefficient (Wildman–Crippen LogP) is 2.28. The molecule has 0 radical (unpaired) electrons. The van der Waals surface area contributed by atoms with Crippen molar-refractivity contribution in [2.24, 2.45) is 0 Å². The zero-order valence-electron chi connectivity index (χ0n) is 11.2. The molecule has 0 aliphatic carbocycles. The maximum Gasteiger partial charge on any atom is 0.335 e. The van der Waals surface area contributed by atoms with E-state index in [4.69, 9.17) is 4.74 Å². The molecule has 1 rings (SSSR count). The lowest BCUT2D eigenvalue weighted by molar-refractivity contribution is -0.138. The third-order valence-electron chi connectivity index (χ3n) is 2.43. The van der Waals surface area contributed by atoms with Crippen molar-refractivity contribution in [3.63, 3.8) is 0 Å². The summed E-state index contributed by atoms with van der Waals surface area (Å²) in [5, 5.41) is 3.15. The molecule has 0 saturated carbocycles. The van der Waals surface area contributed by atoms with Gasteiger partial charge in [0.15, 0.2) is 0 Å². The number of esters is 1. The van der Waals surface area contributed by atoms with Gasteiger partial charge >= 0.3 is 5.97 Å². The fourth-order valence-corrected chi connectivity index (χ4v) is 1.41. The molecule has 0 unspecified atom stereocenters. The minimum absolute atomic E-state index is 0.353. The number of hydrogen-bond donors (Lipinski definition) is 1. The van der Waals surface area contributed by atoms with Crippen LogP contribution < -0.4 is 10.2 Å².